The third-order valence-electron chi connectivity index (χ3n) is 2.84. The van der Waals surface area contributed by atoms with Crippen molar-refractivity contribution in [2.45, 2.75) is 19.3 Å². The minimum Gasteiger partial charge on any atom is -0.329 e. The lowest BCUT2D eigenvalue weighted by Crippen LogP contribution is -2.47. The summed E-state index contributed by atoms with van der Waals surface area (Å²) in [6.07, 6.45) is 4.58. The van der Waals surface area contributed by atoms with Crippen LogP contribution in [-0.4, -0.2) is 17.4 Å². The molecule has 1 amide bonds. The van der Waals surface area contributed by atoms with Crippen LogP contribution in [0.3, 0.4) is 0 Å². The molecule has 0 spiro atoms. The van der Waals surface area contributed by atoms with Gasteiger partial charge in [0.25, 0.3) is 0 Å². The number of aromatic nitrogens is 1. The second-order valence-corrected chi connectivity index (χ2v) is 4.52. The molecule has 1 aromatic heterocycles. The summed E-state index contributed by atoms with van der Waals surface area (Å²) < 4.78 is 0. The number of nitrogens with two attached hydrogens (primary N) is 1. The van der Waals surface area contributed by atoms with E-state index in [0.717, 1.165) is 19.3 Å². The first-order chi connectivity index (χ1) is 6.77. The third kappa shape index (κ3) is 1.53. The number of rotatable bonds is 3. The average molecular weight is 211 g/mol. The molecule has 4 nitrogen and oxygen atoms in total. The van der Waals surface area contributed by atoms with Crippen LogP contribution in [0.2, 0.25) is 0 Å². The summed E-state index contributed by atoms with van der Waals surface area (Å²) in [6.45, 7) is 0.435. The zero-order chi connectivity index (χ0) is 10.0. The number of amides is 1. The summed E-state index contributed by atoms with van der Waals surface area (Å²) in [5.41, 5.74) is 5.31. The van der Waals surface area contributed by atoms with Gasteiger partial charge in [-0.05, 0) is 12.8 Å². The predicted molar refractivity (Wildman–Crippen MR) is 56.1 cm³/mol. The van der Waals surface area contributed by atoms with E-state index in [9.17, 15) is 4.79 Å². The fraction of sp³-hybridized carbons (Fsp3) is 0.556. The first-order valence-electron chi connectivity index (χ1n) is 4.68. The van der Waals surface area contributed by atoms with Gasteiger partial charge in [-0.3, -0.25) is 4.79 Å². The van der Waals surface area contributed by atoms with Gasteiger partial charge in [-0.25, -0.2) is 4.98 Å². The van der Waals surface area contributed by atoms with Crippen LogP contribution in [0.1, 0.15) is 19.3 Å². The van der Waals surface area contributed by atoms with E-state index in [1.54, 1.807) is 6.20 Å². The Morgan fingerprint density at radius 3 is 2.93 bits per heavy atom. The van der Waals surface area contributed by atoms with Crippen LogP contribution in [-0.2, 0) is 4.79 Å². The quantitative estimate of drug-likeness (QED) is 0.789. The molecule has 0 aliphatic heterocycles. The van der Waals surface area contributed by atoms with E-state index >= 15 is 0 Å². The van der Waals surface area contributed by atoms with Gasteiger partial charge in [0.1, 0.15) is 0 Å². The molecule has 0 bridgehead atoms. The van der Waals surface area contributed by atoms with Gasteiger partial charge in [-0.1, -0.05) is 6.42 Å². The van der Waals surface area contributed by atoms with Crippen LogP contribution in [0.15, 0.2) is 11.6 Å². The molecule has 2 rings (SSSR count). The second kappa shape index (κ2) is 3.67. The van der Waals surface area contributed by atoms with E-state index in [2.05, 4.69) is 10.3 Å². The molecule has 1 aliphatic carbocycles. The fourth-order valence-electron chi connectivity index (χ4n) is 1.64. The van der Waals surface area contributed by atoms with Crippen molar-refractivity contribution in [3.05, 3.63) is 11.6 Å². The zero-order valence-corrected chi connectivity index (χ0v) is 8.64. The molecular weight excluding hydrogens is 198 g/mol. The predicted octanol–water partition coefficient (Wildman–Crippen LogP) is 1.21. The van der Waals surface area contributed by atoms with Crippen molar-refractivity contribution in [1.82, 2.24) is 4.98 Å². The average Bonchev–Trinajstić information content (AvgIpc) is 2.55. The van der Waals surface area contributed by atoms with Gasteiger partial charge in [-0.15, -0.1) is 11.3 Å². The fourth-order valence-corrected chi connectivity index (χ4v) is 2.17. The van der Waals surface area contributed by atoms with Crippen molar-refractivity contribution < 1.29 is 4.79 Å². The summed E-state index contributed by atoms with van der Waals surface area (Å²) >= 11 is 1.43. The molecule has 0 radical (unpaired) electrons. The Balaban J connectivity index is 2.01. The summed E-state index contributed by atoms with van der Waals surface area (Å²) in [5, 5.41) is 5.30. The van der Waals surface area contributed by atoms with Crippen LogP contribution in [0, 0.1) is 5.41 Å². The molecule has 76 valence electrons. The maximum absolute atomic E-state index is 11.8. The lowest BCUT2D eigenvalue weighted by atomic mass is 9.68. The Morgan fingerprint density at radius 1 is 1.71 bits per heavy atom. The van der Waals surface area contributed by atoms with Crippen molar-refractivity contribution in [3.8, 4) is 0 Å². The molecule has 14 heavy (non-hydrogen) atoms. The molecule has 1 aromatic rings. The molecule has 1 saturated carbocycles. The molecule has 3 N–H and O–H groups in total. The molecule has 0 aromatic carbocycles. The maximum atomic E-state index is 11.8. The van der Waals surface area contributed by atoms with Gasteiger partial charge >= 0.3 is 0 Å². The van der Waals surface area contributed by atoms with Crippen molar-refractivity contribution in [2.24, 2.45) is 11.1 Å². The molecule has 0 saturated heterocycles. The van der Waals surface area contributed by atoms with Gasteiger partial charge in [0.15, 0.2) is 5.13 Å². The van der Waals surface area contributed by atoms with E-state index in [4.69, 9.17) is 5.73 Å². The number of anilines is 1. The molecule has 5 heteroatoms. The normalized spacial score (nSPS) is 18.6. The summed E-state index contributed by atoms with van der Waals surface area (Å²) in [5.74, 6) is 0.0289. The van der Waals surface area contributed by atoms with Crippen LogP contribution in [0.5, 0.6) is 0 Å². The Morgan fingerprint density at radius 2 is 2.50 bits per heavy atom. The van der Waals surface area contributed by atoms with Crippen molar-refractivity contribution in [2.75, 3.05) is 11.9 Å². The maximum Gasteiger partial charge on any atom is 0.233 e. The van der Waals surface area contributed by atoms with Gasteiger partial charge in [0, 0.05) is 18.1 Å². The second-order valence-electron chi connectivity index (χ2n) is 3.63. The highest BCUT2D eigenvalue weighted by atomic mass is 32.1. The first-order valence-corrected chi connectivity index (χ1v) is 5.56. The number of hydrogen-bond donors (Lipinski definition) is 2. The van der Waals surface area contributed by atoms with Crippen LogP contribution in [0.4, 0.5) is 5.13 Å². The van der Waals surface area contributed by atoms with Gasteiger partial charge < -0.3 is 11.1 Å². The van der Waals surface area contributed by atoms with E-state index < -0.39 is 0 Å². The highest BCUT2D eigenvalue weighted by Crippen LogP contribution is 2.40. The van der Waals surface area contributed by atoms with Gasteiger partial charge in [-0.2, -0.15) is 0 Å². The van der Waals surface area contributed by atoms with Gasteiger partial charge in [0.05, 0.1) is 5.41 Å². The Kier molecular flexibility index (Phi) is 2.52. The number of thiazole rings is 1. The number of carbonyl (C=O) groups is 1. The number of carbonyl (C=O) groups excluding carboxylic acids is 1. The largest absolute Gasteiger partial charge is 0.329 e. The van der Waals surface area contributed by atoms with E-state index in [1.165, 1.54) is 11.3 Å². The summed E-state index contributed by atoms with van der Waals surface area (Å²) in [7, 11) is 0. The molecule has 1 aliphatic rings. The van der Waals surface area contributed by atoms with Crippen LogP contribution >= 0.6 is 11.3 Å². The lowest BCUT2D eigenvalue weighted by Gasteiger charge is -2.38. The minimum atomic E-state index is -0.314. The van der Waals surface area contributed by atoms with E-state index in [-0.39, 0.29) is 11.3 Å². The molecule has 1 heterocycles. The van der Waals surface area contributed by atoms with Crippen molar-refractivity contribution in [3.63, 3.8) is 0 Å². The standard InChI is InChI=1S/C9H13N3OS/c10-6-9(2-1-3-9)7(13)12-8-11-4-5-14-8/h4-5H,1-3,6,10H2,(H,11,12,13). The van der Waals surface area contributed by atoms with Crippen molar-refractivity contribution in [1.29, 1.82) is 0 Å². The minimum absolute atomic E-state index is 0.0289. The molecular formula is C9H13N3OS. The number of hydrogen-bond acceptors (Lipinski definition) is 4. The zero-order valence-electron chi connectivity index (χ0n) is 7.82. The van der Waals surface area contributed by atoms with Crippen molar-refractivity contribution >= 4 is 22.4 Å². The lowest BCUT2D eigenvalue weighted by molar-refractivity contribution is -0.129. The summed E-state index contributed by atoms with van der Waals surface area (Å²) in [6, 6.07) is 0. The topological polar surface area (TPSA) is 68.0 Å². The number of nitrogens with one attached hydrogen (secondary N) is 1. The molecule has 0 atom stereocenters. The van der Waals surface area contributed by atoms with Gasteiger partial charge in [0.2, 0.25) is 5.91 Å². The monoisotopic (exact) mass is 211 g/mol. The number of nitrogens with zero attached hydrogens (tertiary/aromatic N) is 1. The van der Waals surface area contributed by atoms with Crippen LogP contribution in [0.25, 0.3) is 0 Å². The van der Waals surface area contributed by atoms with E-state index in [0.29, 0.717) is 11.7 Å². The Hall–Kier alpha value is -0.940. The summed E-state index contributed by atoms with van der Waals surface area (Å²) in [4.78, 5) is 15.8. The molecule has 0 unspecified atom stereocenters. The third-order valence-corrected chi connectivity index (χ3v) is 3.52. The van der Waals surface area contributed by atoms with Crippen LogP contribution < -0.4 is 11.1 Å². The highest BCUT2D eigenvalue weighted by Gasteiger charge is 2.42. The Bertz CT molecular complexity index is 313. The smallest absolute Gasteiger partial charge is 0.233 e. The highest BCUT2D eigenvalue weighted by molar-refractivity contribution is 7.13. The molecule has 1 fully saturated rings. The van der Waals surface area contributed by atoms with E-state index in [1.807, 2.05) is 5.38 Å². The SMILES string of the molecule is NCC1(C(=O)Nc2nccs2)CCC1. The first kappa shape index (κ1) is 9.61. The Labute approximate surface area is 86.5 Å².